The largest absolute Gasteiger partial charge is 0.494 e. The van der Waals surface area contributed by atoms with Crippen molar-refractivity contribution in [3.63, 3.8) is 0 Å². The molecule has 6 nitrogen and oxygen atoms in total. The maximum Gasteiger partial charge on any atom is 0.416 e. The number of benzene rings is 2. The summed E-state index contributed by atoms with van der Waals surface area (Å²) in [5.41, 5.74) is -0.0377. The lowest BCUT2D eigenvalue weighted by Crippen LogP contribution is -2.20. The third kappa shape index (κ3) is 3.49. The predicted octanol–water partition coefficient (Wildman–Crippen LogP) is 4.32. The average molecular weight is 416 g/mol. The van der Waals surface area contributed by atoms with Crippen LogP contribution in [0.4, 0.5) is 18.3 Å². The van der Waals surface area contributed by atoms with Crippen molar-refractivity contribution in [2.24, 2.45) is 4.99 Å². The molecule has 4 rings (SSSR count). The summed E-state index contributed by atoms with van der Waals surface area (Å²) in [6.07, 6.45) is -3.28. The highest BCUT2D eigenvalue weighted by atomic mass is 32.1. The number of aromatic nitrogens is 3. The number of aromatic hydroxyl groups is 1. The van der Waals surface area contributed by atoms with Gasteiger partial charge < -0.3 is 5.11 Å². The van der Waals surface area contributed by atoms with Gasteiger partial charge in [0, 0.05) is 17.0 Å². The van der Waals surface area contributed by atoms with Crippen molar-refractivity contribution in [3.05, 3.63) is 75.5 Å². The van der Waals surface area contributed by atoms with Crippen molar-refractivity contribution in [1.82, 2.24) is 14.8 Å². The molecule has 0 saturated carbocycles. The topological polar surface area (TPSA) is 80.4 Å². The van der Waals surface area contributed by atoms with E-state index in [-0.39, 0.29) is 16.6 Å². The molecule has 1 N–H and O–H groups in total. The second-order valence-corrected chi connectivity index (χ2v) is 6.76. The Hall–Kier alpha value is -3.53. The first-order chi connectivity index (χ1) is 13.9. The minimum atomic E-state index is -4.59. The summed E-state index contributed by atoms with van der Waals surface area (Å²) in [5, 5.41) is 19.2. The van der Waals surface area contributed by atoms with Crippen LogP contribution in [0.2, 0.25) is 0 Å². The van der Waals surface area contributed by atoms with E-state index in [9.17, 15) is 23.1 Å². The second kappa shape index (κ2) is 7.13. The van der Waals surface area contributed by atoms with E-state index in [2.05, 4.69) is 15.2 Å². The minimum Gasteiger partial charge on any atom is -0.494 e. The van der Waals surface area contributed by atoms with Gasteiger partial charge in [0.1, 0.15) is 5.51 Å². The molecule has 0 bridgehead atoms. The zero-order valence-electron chi connectivity index (χ0n) is 14.5. The van der Waals surface area contributed by atoms with Crippen LogP contribution < -0.4 is 5.56 Å². The van der Waals surface area contributed by atoms with Crippen molar-refractivity contribution in [2.75, 3.05) is 0 Å². The number of aliphatic imine (C=N–C) groups is 1. The Kier molecular flexibility index (Phi) is 4.63. The molecule has 2 heterocycles. The van der Waals surface area contributed by atoms with E-state index in [0.717, 1.165) is 16.7 Å². The summed E-state index contributed by atoms with van der Waals surface area (Å²) in [4.78, 5) is 17.1. The molecule has 0 spiro atoms. The highest BCUT2D eigenvalue weighted by molar-refractivity contribution is 7.13. The highest BCUT2D eigenvalue weighted by Crippen LogP contribution is 2.32. The number of rotatable bonds is 3. The molecule has 0 aliphatic carbocycles. The first-order valence-corrected chi connectivity index (χ1v) is 9.09. The summed E-state index contributed by atoms with van der Waals surface area (Å²) in [5.74, 6) is -0.527. The summed E-state index contributed by atoms with van der Waals surface area (Å²) >= 11 is 1.17. The van der Waals surface area contributed by atoms with Crippen LogP contribution in [0.5, 0.6) is 5.88 Å². The van der Waals surface area contributed by atoms with Gasteiger partial charge in [-0.05, 0) is 24.3 Å². The van der Waals surface area contributed by atoms with Gasteiger partial charge in [-0.15, -0.1) is 10.2 Å². The number of hydrogen-bond acceptors (Lipinski definition) is 6. The van der Waals surface area contributed by atoms with Crippen molar-refractivity contribution in [2.45, 2.75) is 6.18 Å². The molecular weight excluding hydrogens is 405 g/mol. The third-order valence-corrected chi connectivity index (χ3v) is 4.79. The van der Waals surface area contributed by atoms with Gasteiger partial charge in [0.25, 0.3) is 5.56 Å². The van der Waals surface area contributed by atoms with E-state index < -0.39 is 23.2 Å². The zero-order valence-corrected chi connectivity index (χ0v) is 15.3. The smallest absolute Gasteiger partial charge is 0.416 e. The van der Waals surface area contributed by atoms with Crippen LogP contribution in [0.1, 0.15) is 11.1 Å². The van der Waals surface area contributed by atoms with E-state index in [1.54, 1.807) is 18.2 Å². The van der Waals surface area contributed by atoms with Gasteiger partial charge in [-0.3, -0.25) is 4.79 Å². The number of pyridine rings is 1. The Morgan fingerprint density at radius 1 is 1.10 bits per heavy atom. The minimum absolute atomic E-state index is 0.112. The van der Waals surface area contributed by atoms with E-state index >= 15 is 0 Å². The van der Waals surface area contributed by atoms with Crippen LogP contribution in [-0.2, 0) is 6.18 Å². The summed E-state index contributed by atoms with van der Waals surface area (Å²) in [7, 11) is 0. The van der Waals surface area contributed by atoms with Gasteiger partial charge in [-0.25, -0.2) is 9.56 Å². The Morgan fingerprint density at radius 3 is 2.55 bits per heavy atom. The molecule has 0 aliphatic rings. The van der Waals surface area contributed by atoms with Crippen LogP contribution in [0.3, 0.4) is 0 Å². The van der Waals surface area contributed by atoms with Crippen molar-refractivity contribution in [3.8, 4) is 11.6 Å². The molecule has 0 atom stereocenters. The maximum absolute atomic E-state index is 13.1. The molecule has 29 heavy (non-hydrogen) atoms. The van der Waals surface area contributed by atoms with Gasteiger partial charge in [0.05, 0.1) is 16.8 Å². The lowest BCUT2D eigenvalue weighted by molar-refractivity contribution is -0.137. The fourth-order valence-electron chi connectivity index (χ4n) is 2.89. The van der Waals surface area contributed by atoms with E-state index in [1.807, 2.05) is 0 Å². The van der Waals surface area contributed by atoms with E-state index in [1.165, 1.54) is 41.3 Å². The number of halogens is 3. The molecule has 0 unspecified atom stereocenters. The number of fused-ring (bicyclic) bond motifs is 1. The predicted molar refractivity (Wildman–Crippen MR) is 103 cm³/mol. The molecule has 0 fully saturated rings. The maximum atomic E-state index is 13.1. The molecule has 0 aliphatic heterocycles. The Bertz CT molecular complexity index is 1280. The van der Waals surface area contributed by atoms with E-state index in [0.29, 0.717) is 10.5 Å². The van der Waals surface area contributed by atoms with Crippen LogP contribution in [0, 0.1) is 0 Å². The van der Waals surface area contributed by atoms with Gasteiger partial charge in [0.2, 0.25) is 11.0 Å². The first kappa shape index (κ1) is 18.8. The monoisotopic (exact) mass is 416 g/mol. The SMILES string of the molecule is O=c1c2ccccc2c(/C=N/c2nncs2)c(O)n1-c1cccc(C(F)(F)F)c1. The van der Waals surface area contributed by atoms with Crippen molar-refractivity contribution < 1.29 is 18.3 Å². The van der Waals surface area contributed by atoms with Crippen LogP contribution in [-0.4, -0.2) is 26.1 Å². The Balaban J connectivity index is 2.00. The molecule has 2 aromatic heterocycles. The third-order valence-electron chi connectivity index (χ3n) is 4.19. The molecule has 0 amide bonds. The van der Waals surface area contributed by atoms with Crippen molar-refractivity contribution >= 4 is 33.5 Å². The standard InChI is InChI=1S/C19H11F3N4O2S/c20-19(21,22)11-4-3-5-12(8-11)26-16(27)14-7-2-1-6-13(14)15(17(26)28)9-23-18-25-24-10-29-18/h1-10,28H/b23-9+. The number of alkyl halides is 3. The van der Waals surface area contributed by atoms with Crippen LogP contribution >= 0.6 is 11.3 Å². The molecule has 4 aromatic rings. The van der Waals surface area contributed by atoms with Crippen LogP contribution in [0.25, 0.3) is 16.5 Å². The zero-order chi connectivity index (χ0) is 20.6. The number of nitrogens with zero attached hydrogens (tertiary/aromatic N) is 4. The highest BCUT2D eigenvalue weighted by Gasteiger charge is 2.31. The van der Waals surface area contributed by atoms with Gasteiger partial charge >= 0.3 is 6.18 Å². The lowest BCUT2D eigenvalue weighted by Gasteiger charge is -2.15. The molecule has 0 saturated heterocycles. The van der Waals surface area contributed by atoms with E-state index in [4.69, 9.17) is 0 Å². The fourth-order valence-corrected chi connectivity index (χ4v) is 3.29. The Morgan fingerprint density at radius 2 is 1.86 bits per heavy atom. The summed E-state index contributed by atoms with van der Waals surface area (Å²) in [6, 6.07) is 10.6. The second-order valence-electron chi connectivity index (χ2n) is 5.95. The summed E-state index contributed by atoms with van der Waals surface area (Å²) in [6.45, 7) is 0. The first-order valence-electron chi connectivity index (χ1n) is 8.21. The normalized spacial score (nSPS) is 12.1. The van der Waals surface area contributed by atoms with Gasteiger partial charge in [-0.1, -0.05) is 35.6 Å². The molecule has 10 heteroatoms. The number of hydrogen-bond donors (Lipinski definition) is 1. The fraction of sp³-hybridized carbons (Fsp3) is 0.0526. The van der Waals surface area contributed by atoms with Gasteiger partial charge in [-0.2, -0.15) is 13.2 Å². The molecule has 0 radical (unpaired) electrons. The van der Waals surface area contributed by atoms with Crippen LogP contribution in [0.15, 0.2) is 63.8 Å². The summed E-state index contributed by atoms with van der Waals surface area (Å²) < 4.78 is 40.2. The average Bonchev–Trinajstić information content (AvgIpc) is 3.21. The lowest BCUT2D eigenvalue weighted by atomic mass is 10.1. The quantitative estimate of drug-likeness (QED) is 0.505. The molecule has 2 aromatic carbocycles. The van der Waals surface area contributed by atoms with Gasteiger partial charge in [0.15, 0.2) is 0 Å². The molecular formula is C19H11F3N4O2S. The Labute approximate surface area is 165 Å². The molecule has 146 valence electrons. The van der Waals surface area contributed by atoms with Crippen molar-refractivity contribution in [1.29, 1.82) is 0 Å².